The SMILES string of the molecule is CCC(C)CCCCCCCCCCCCC(=O)OC[C@H](COP(=O)(O)OC[C@@H](O)COP(=O)(O)OC[C@@H](COC(=O)CCCCCCCCC(C)CC)OC(=O)CCCCCCCCCCC(C)C)OC(=O)CCCCCCCCCCCCC(C)CC. The summed E-state index contributed by atoms with van der Waals surface area (Å²) in [6.07, 6.45) is 41.6. The Labute approximate surface area is 543 Å². The molecule has 8 atom stereocenters. The van der Waals surface area contributed by atoms with Crippen LogP contribution in [0.2, 0.25) is 0 Å². The van der Waals surface area contributed by atoms with Gasteiger partial charge in [0.05, 0.1) is 26.4 Å². The molecule has 0 aliphatic carbocycles. The summed E-state index contributed by atoms with van der Waals surface area (Å²) >= 11 is 0. The summed E-state index contributed by atoms with van der Waals surface area (Å²) in [6.45, 7) is 14.1. The van der Waals surface area contributed by atoms with E-state index >= 15 is 0 Å². The summed E-state index contributed by atoms with van der Waals surface area (Å²) in [5.74, 6) is 0.930. The predicted molar refractivity (Wildman–Crippen MR) is 358 cm³/mol. The van der Waals surface area contributed by atoms with E-state index in [9.17, 15) is 43.2 Å². The smallest absolute Gasteiger partial charge is 0.462 e. The van der Waals surface area contributed by atoms with Crippen molar-refractivity contribution in [2.75, 3.05) is 39.6 Å². The van der Waals surface area contributed by atoms with E-state index in [0.29, 0.717) is 25.7 Å². The van der Waals surface area contributed by atoms with Gasteiger partial charge in [0.25, 0.3) is 0 Å². The molecule has 89 heavy (non-hydrogen) atoms. The Morgan fingerprint density at radius 2 is 0.539 bits per heavy atom. The van der Waals surface area contributed by atoms with E-state index in [1.165, 1.54) is 141 Å². The molecule has 0 aliphatic rings. The van der Waals surface area contributed by atoms with Crippen molar-refractivity contribution >= 4 is 39.5 Å². The second kappa shape index (κ2) is 59.8. The first kappa shape index (κ1) is 87.1. The highest BCUT2D eigenvalue weighted by Crippen LogP contribution is 2.45. The normalized spacial score (nSPS) is 15.2. The lowest BCUT2D eigenvalue weighted by atomic mass is 9.99. The van der Waals surface area contributed by atoms with Crippen LogP contribution < -0.4 is 0 Å². The number of phosphoric ester groups is 2. The third kappa shape index (κ3) is 60.7. The molecule has 0 rings (SSSR count). The van der Waals surface area contributed by atoms with Crippen LogP contribution in [0.5, 0.6) is 0 Å². The molecule has 0 aromatic rings. The fourth-order valence-corrected chi connectivity index (χ4v) is 12.0. The first-order valence-corrected chi connectivity index (χ1v) is 39.3. The van der Waals surface area contributed by atoms with E-state index < -0.39 is 97.5 Å². The van der Waals surface area contributed by atoms with E-state index in [1.807, 2.05) is 0 Å². The molecule has 5 unspecified atom stereocenters. The van der Waals surface area contributed by atoms with Crippen LogP contribution in [0.25, 0.3) is 0 Å². The molecule has 0 heterocycles. The summed E-state index contributed by atoms with van der Waals surface area (Å²) in [5.41, 5.74) is 0. The lowest BCUT2D eigenvalue weighted by molar-refractivity contribution is -0.161. The number of phosphoric acid groups is 2. The molecule has 0 amide bonds. The highest BCUT2D eigenvalue weighted by molar-refractivity contribution is 7.47. The summed E-state index contributed by atoms with van der Waals surface area (Å²) < 4.78 is 68.3. The van der Waals surface area contributed by atoms with Crippen molar-refractivity contribution in [3.63, 3.8) is 0 Å². The van der Waals surface area contributed by atoms with Crippen LogP contribution in [0, 0.1) is 23.7 Å². The van der Waals surface area contributed by atoms with Crippen LogP contribution in [0.4, 0.5) is 0 Å². The number of aliphatic hydroxyl groups excluding tert-OH is 1. The van der Waals surface area contributed by atoms with Crippen LogP contribution >= 0.6 is 15.6 Å². The van der Waals surface area contributed by atoms with E-state index in [-0.39, 0.29) is 25.7 Å². The average Bonchev–Trinajstić information content (AvgIpc) is 3.68. The molecule has 0 fully saturated rings. The van der Waals surface area contributed by atoms with Gasteiger partial charge in [0.1, 0.15) is 19.3 Å². The van der Waals surface area contributed by atoms with Crippen LogP contribution in [0.1, 0.15) is 344 Å². The molecular formula is C70H136O17P2. The maximum absolute atomic E-state index is 13.0. The van der Waals surface area contributed by atoms with E-state index in [1.54, 1.807) is 0 Å². The summed E-state index contributed by atoms with van der Waals surface area (Å²) in [4.78, 5) is 72.5. The van der Waals surface area contributed by atoms with Crippen molar-refractivity contribution in [1.29, 1.82) is 0 Å². The second-order valence-electron chi connectivity index (χ2n) is 26.5. The van der Waals surface area contributed by atoms with Gasteiger partial charge in [-0.15, -0.1) is 0 Å². The minimum atomic E-state index is -4.95. The number of carbonyl (C=O) groups excluding carboxylic acids is 4. The molecule has 0 aliphatic heterocycles. The van der Waals surface area contributed by atoms with Crippen molar-refractivity contribution < 1.29 is 80.2 Å². The minimum absolute atomic E-state index is 0.103. The molecule has 0 aromatic carbocycles. The summed E-state index contributed by atoms with van der Waals surface area (Å²) in [7, 11) is -9.90. The van der Waals surface area contributed by atoms with Gasteiger partial charge in [-0.25, -0.2) is 9.13 Å². The molecule has 19 heteroatoms. The Bertz CT molecular complexity index is 1770. The van der Waals surface area contributed by atoms with Crippen molar-refractivity contribution in [2.24, 2.45) is 23.7 Å². The highest BCUT2D eigenvalue weighted by atomic mass is 31.2. The molecule has 528 valence electrons. The van der Waals surface area contributed by atoms with Crippen LogP contribution in [0.3, 0.4) is 0 Å². The first-order valence-electron chi connectivity index (χ1n) is 36.3. The largest absolute Gasteiger partial charge is 0.472 e. The van der Waals surface area contributed by atoms with Gasteiger partial charge in [0, 0.05) is 25.7 Å². The molecule has 0 saturated heterocycles. The molecule has 0 saturated carbocycles. The molecule has 17 nitrogen and oxygen atoms in total. The number of hydrogen-bond acceptors (Lipinski definition) is 15. The van der Waals surface area contributed by atoms with Gasteiger partial charge in [0.2, 0.25) is 0 Å². The topological polar surface area (TPSA) is 237 Å². The van der Waals surface area contributed by atoms with E-state index in [4.69, 9.17) is 37.0 Å². The van der Waals surface area contributed by atoms with Crippen molar-refractivity contribution in [3.05, 3.63) is 0 Å². The zero-order valence-electron chi connectivity index (χ0n) is 58.1. The Balaban J connectivity index is 5.27. The Hall–Kier alpha value is -1.94. The van der Waals surface area contributed by atoms with Crippen LogP contribution in [-0.2, 0) is 65.4 Å². The van der Waals surface area contributed by atoms with Gasteiger partial charge in [-0.1, -0.05) is 293 Å². The molecule has 0 bridgehead atoms. The van der Waals surface area contributed by atoms with Gasteiger partial charge < -0.3 is 33.8 Å². The Morgan fingerprint density at radius 3 is 0.798 bits per heavy atom. The lowest BCUT2D eigenvalue weighted by Crippen LogP contribution is -2.30. The minimum Gasteiger partial charge on any atom is -0.462 e. The maximum atomic E-state index is 13.0. The Morgan fingerprint density at radius 1 is 0.315 bits per heavy atom. The molecule has 0 radical (unpaired) electrons. The van der Waals surface area contributed by atoms with Gasteiger partial charge in [-0.05, 0) is 49.4 Å². The van der Waals surface area contributed by atoms with Crippen molar-refractivity contribution in [3.8, 4) is 0 Å². The van der Waals surface area contributed by atoms with Crippen molar-refractivity contribution in [1.82, 2.24) is 0 Å². The standard InChI is InChI=1S/C70H136O17P2/c1-9-61(6)47-39-31-23-16-12-14-18-25-34-42-50-67(72)80-56-65(86-69(74)52-44-36-26-19-15-13-17-24-32-40-48-62(7)10-2)58-84-88(76,77)82-54-64(71)55-83-89(78,79)85-59-66(57-81-68(73)51-43-35-29-28-33-41-49-63(8)11-3)87-70(75)53-45-37-27-21-20-22-30-38-46-60(4)5/h60-66,71H,9-59H2,1-8H3,(H,76,77)(H,78,79)/t61?,62?,63?,64-,65-,66-/m1/s1. The zero-order valence-corrected chi connectivity index (χ0v) is 59.8. The highest BCUT2D eigenvalue weighted by Gasteiger charge is 2.30. The number of carbonyl (C=O) groups is 4. The van der Waals surface area contributed by atoms with Gasteiger partial charge in [-0.3, -0.25) is 37.3 Å². The third-order valence-electron chi connectivity index (χ3n) is 17.2. The summed E-state index contributed by atoms with van der Waals surface area (Å²) in [6, 6.07) is 0. The monoisotopic (exact) mass is 1310 g/mol. The number of hydrogen-bond donors (Lipinski definition) is 3. The fraction of sp³-hybridized carbons (Fsp3) is 0.943. The third-order valence-corrected chi connectivity index (χ3v) is 19.1. The van der Waals surface area contributed by atoms with E-state index in [2.05, 4.69) is 55.4 Å². The number of aliphatic hydroxyl groups is 1. The quantitative estimate of drug-likeness (QED) is 0.0222. The van der Waals surface area contributed by atoms with Crippen LogP contribution in [0.15, 0.2) is 0 Å². The average molecular weight is 1310 g/mol. The molecule has 0 spiro atoms. The molecule has 3 N–H and O–H groups in total. The second-order valence-corrected chi connectivity index (χ2v) is 29.4. The maximum Gasteiger partial charge on any atom is 0.472 e. The summed E-state index contributed by atoms with van der Waals surface area (Å²) in [5, 5.41) is 10.6. The predicted octanol–water partition coefficient (Wildman–Crippen LogP) is 19.7. The van der Waals surface area contributed by atoms with Gasteiger partial charge >= 0.3 is 39.5 Å². The van der Waals surface area contributed by atoms with Crippen LogP contribution in [-0.4, -0.2) is 96.7 Å². The number of ether oxygens (including phenoxy) is 4. The molecular weight excluding hydrogens is 1170 g/mol. The van der Waals surface area contributed by atoms with Crippen molar-refractivity contribution in [2.45, 2.75) is 363 Å². The number of esters is 4. The number of rotatable bonds is 67. The van der Waals surface area contributed by atoms with Gasteiger partial charge in [-0.2, -0.15) is 0 Å². The van der Waals surface area contributed by atoms with E-state index in [0.717, 1.165) is 120 Å². The zero-order chi connectivity index (χ0) is 66.1. The number of unbranched alkanes of at least 4 members (excludes halogenated alkanes) is 30. The fourth-order valence-electron chi connectivity index (χ4n) is 10.4. The first-order chi connectivity index (χ1) is 42.7. The lowest BCUT2D eigenvalue weighted by Gasteiger charge is -2.21. The van der Waals surface area contributed by atoms with Gasteiger partial charge in [0.15, 0.2) is 12.2 Å². The molecule has 0 aromatic heterocycles. The Kier molecular flexibility index (Phi) is 58.5.